The minimum absolute atomic E-state index is 0.173. The SMILES string of the molecule is CC(C)=CC(=O)Nc1cc(C(F)(F)F)ccc1C. The minimum Gasteiger partial charge on any atom is -0.322 e. The van der Waals surface area contributed by atoms with Crippen LogP contribution in [0.5, 0.6) is 0 Å². The van der Waals surface area contributed by atoms with Gasteiger partial charge in [-0.05, 0) is 38.5 Å². The van der Waals surface area contributed by atoms with Gasteiger partial charge in [0, 0.05) is 11.8 Å². The molecule has 1 N–H and O–H groups in total. The number of aryl methyl sites for hydroxylation is 1. The second-order valence-electron chi connectivity index (χ2n) is 4.24. The highest BCUT2D eigenvalue weighted by atomic mass is 19.4. The number of carbonyl (C=O) groups is 1. The van der Waals surface area contributed by atoms with Crippen LogP contribution in [0.4, 0.5) is 18.9 Å². The number of carbonyl (C=O) groups excluding carboxylic acids is 1. The van der Waals surface area contributed by atoms with Crippen LogP contribution in [-0.4, -0.2) is 5.91 Å². The first kappa shape index (κ1) is 14.3. The van der Waals surface area contributed by atoms with Crippen LogP contribution in [-0.2, 0) is 11.0 Å². The third kappa shape index (κ3) is 3.91. The van der Waals surface area contributed by atoms with Crippen molar-refractivity contribution in [2.45, 2.75) is 26.9 Å². The number of rotatable bonds is 2. The van der Waals surface area contributed by atoms with Crippen molar-refractivity contribution in [3.8, 4) is 0 Å². The molecule has 0 aliphatic carbocycles. The Kier molecular flexibility index (Phi) is 4.16. The van der Waals surface area contributed by atoms with Gasteiger partial charge in [-0.15, -0.1) is 0 Å². The fraction of sp³-hybridized carbons (Fsp3) is 0.308. The van der Waals surface area contributed by atoms with Gasteiger partial charge in [-0.3, -0.25) is 4.79 Å². The quantitative estimate of drug-likeness (QED) is 0.799. The Labute approximate surface area is 104 Å². The molecular weight excluding hydrogens is 243 g/mol. The fourth-order valence-corrected chi connectivity index (χ4v) is 1.36. The topological polar surface area (TPSA) is 29.1 Å². The molecule has 0 unspecified atom stereocenters. The molecule has 0 atom stereocenters. The third-order valence-corrected chi connectivity index (χ3v) is 2.24. The molecule has 0 bridgehead atoms. The van der Waals surface area contributed by atoms with E-state index in [0.29, 0.717) is 5.56 Å². The van der Waals surface area contributed by atoms with Crippen molar-refractivity contribution in [1.82, 2.24) is 0 Å². The molecule has 0 saturated heterocycles. The minimum atomic E-state index is -4.41. The average Bonchev–Trinajstić information content (AvgIpc) is 2.18. The zero-order valence-corrected chi connectivity index (χ0v) is 10.4. The highest BCUT2D eigenvalue weighted by Gasteiger charge is 2.30. The van der Waals surface area contributed by atoms with Crippen molar-refractivity contribution in [1.29, 1.82) is 0 Å². The van der Waals surface area contributed by atoms with E-state index in [2.05, 4.69) is 5.32 Å². The Hall–Kier alpha value is -1.78. The molecule has 0 saturated carbocycles. The van der Waals surface area contributed by atoms with Crippen molar-refractivity contribution in [3.63, 3.8) is 0 Å². The molecule has 98 valence electrons. The second kappa shape index (κ2) is 5.25. The van der Waals surface area contributed by atoms with Crippen LogP contribution in [0.1, 0.15) is 25.0 Å². The van der Waals surface area contributed by atoms with E-state index in [9.17, 15) is 18.0 Å². The standard InChI is InChI=1S/C13H14F3NO/c1-8(2)6-12(18)17-11-7-10(13(14,15)16)5-4-9(11)3/h4-7H,1-3H3,(H,17,18). The van der Waals surface area contributed by atoms with Gasteiger partial charge >= 0.3 is 6.18 Å². The summed E-state index contributed by atoms with van der Waals surface area (Å²) in [5, 5.41) is 2.44. The molecule has 2 nitrogen and oxygen atoms in total. The predicted octanol–water partition coefficient (Wildman–Crippen LogP) is 3.92. The van der Waals surface area contributed by atoms with Crippen molar-refractivity contribution < 1.29 is 18.0 Å². The van der Waals surface area contributed by atoms with E-state index in [1.54, 1.807) is 20.8 Å². The van der Waals surface area contributed by atoms with E-state index in [4.69, 9.17) is 0 Å². The van der Waals surface area contributed by atoms with Crippen LogP contribution in [0.15, 0.2) is 29.8 Å². The van der Waals surface area contributed by atoms with Crippen molar-refractivity contribution >= 4 is 11.6 Å². The smallest absolute Gasteiger partial charge is 0.322 e. The number of alkyl halides is 3. The van der Waals surface area contributed by atoms with E-state index < -0.39 is 17.6 Å². The van der Waals surface area contributed by atoms with E-state index in [0.717, 1.165) is 17.7 Å². The zero-order chi connectivity index (χ0) is 13.9. The summed E-state index contributed by atoms with van der Waals surface area (Å²) in [6, 6.07) is 3.26. The number of benzene rings is 1. The van der Waals surface area contributed by atoms with Gasteiger partial charge in [0.1, 0.15) is 0 Å². The van der Waals surface area contributed by atoms with Gasteiger partial charge in [0.15, 0.2) is 0 Å². The summed E-state index contributed by atoms with van der Waals surface area (Å²) < 4.78 is 37.6. The normalized spacial score (nSPS) is 11.0. The van der Waals surface area contributed by atoms with Crippen LogP contribution in [0, 0.1) is 6.92 Å². The van der Waals surface area contributed by atoms with Gasteiger partial charge in [-0.25, -0.2) is 0 Å². The maximum absolute atomic E-state index is 12.5. The molecule has 18 heavy (non-hydrogen) atoms. The number of halogens is 3. The van der Waals surface area contributed by atoms with Crippen molar-refractivity contribution in [3.05, 3.63) is 41.0 Å². The molecule has 0 heterocycles. The zero-order valence-electron chi connectivity index (χ0n) is 10.4. The summed E-state index contributed by atoms with van der Waals surface area (Å²) in [5.74, 6) is -0.433. The summed E-state index contributed by atoms with van der Waals surface area (Å²) >= 11 is 0. The lowest BCUT2D eigenvalue weighted by Crippen LogP contribution is -2.12. The molecule has 0 spiro atoms. The first-order valence-electron chi connectivity index (χ1n) is 5.34. The maximum atomic E-state index is 12.5. The molecule has 1 amide bonds. The number of hydrogen-bond donors (Lipinski definition) is 1. The number of hydrogen-bond acceptors (Lipinski definition) is 1. The molecule has 1 rings (SSSR count). The summed E-state index contributed by atoms with van der Waals surface area (Å²) in [4.78, 5) is 11.5. The van der Waals surface area contributed by atoms with Crippen molar-refractivity contribution in [2.24, 2.45) is 0 Å². The summed E-state index contributed by atoms with van der Waals surface area (Å²) in [6.07, 6.45) is -3.08. The summed E-state index contributed by atoms with van der Waals surface area (Å²) in [5.41, 5.74) is 0.753. The van der Waals surface area contributed by atoms with E-state index in [1.165, 1.54) is 12.1 Å². The van der Waals surface area contributed by atoms with Crippen LogP contribution >= 0.6 is 0 Å². The second-order valence-corrected chi connectivity index (χ2v) is 4.24. The monoisotopic (exact) mass is 257 g/mol. The third-order valence-electron chi connectivity index (χ3n) is 2.24. The lowest BCUT2D eigenvalue weighted by molar-refractivity contribution is -0.137. The van der Waals surface area contributed by atoms with Crippen LogP contribution < -0.4 is 5.32 Å². The summed E-state index contributed by atoms with van der Waals surface area (Å²) in [7, 11) is 0. The Morgan fingerprint density at radius 3 is 2.39 bits per heavy atom. The Balaban J connectivity index is 3.02. The van der Waals surface area contributed by atoms with E-state index in [1.807, 2.05) is 0 Å². The predicted molar refractivity (Wildman–Crippen MR) is 64.2 cm³/mol. The number of anilines is 1. The average molecular weight is 257 g/mol. The van der Waals surface area contributed by atoms with E-state index in [-0.39, 0.29) is 5.69 Å². The lowest BCUT2D eigenvalue weighted by Gasteiger charge is -2.11. The van der Waals surface area contributed by atoms with Gasteiger partial charge in [0.25, 0.3) is 0 Å². The molecular formula is C13H14F3NO. The van der Waals surface area contributed by atoms with Gasteiger partial charge in [-0.1, -0.05) is 11.6 Å². The van der Waals surface area contributed by atoms with Gasteiger partial charge in [0.05, 0.1) is 5.56 Å². The molecule has 0 aliphatic heterocycles. The lowest BCUT2D eigenvalue weighted by atomic mass is 10.1. The molecule has 1 aromatic carbocycles. The Morgan fingerprint density at radius 1 is 1.28 bits per heavy atom. The molecule has 0 fully saturated rings. The van der Waals surface area contributed by atoms with Gasteiger partial charge in [-0.2, -0.15) is 13.2 Å². The van der Waals surface area contributed by atoms with Gasteiger partial charge < -0.3 is 5.32 Å². The van der Waals surface area contributed by atoms with E-state index >= 15 is 0 Å². The molecule has 1 aromatic rings. The highest BCUT2D eigenvalue weighted by molar-refractivity contribution is 6.00. The van der Waals surface area contributed by atoms with Gasteiger partial charge in [0.2, 0.25) is 5.91 Å². The molecule has 5 heteroatoms. The number of nitrogens with one attached hydrogen (secondary N) is 1. The maximum Gasteiger partial charge on any atom is 0.416 e. The first-order valence-corrected chi connectivity index (χ1v) is 5.34. The van der Waals surface area contributed by atoms with Crippen LogP contribution in [0.3, 0.4) is 0 Å². The summed E-state index contributed by atoms with van der Waals surface area (Å²) in [6.45, 7) is 5.11. The Bertz CT molecular complexity index is 485. The Morgan fingerprint density at radius 2 is 1.89 bits per heavy atom. The molecule has 0 radical (unpaired) electrons. The highest BCUT2D eigenvalue weighted by Crippen LogP contribution is 2.32. The largest absolute Gasteiger partial charge is 0.416 e. The fourth-order valence-electron chi connectivity index (χ4n) is 1.36. The van der Waals surface area contributed by atoms with Crippen LogP contribution in [0.2, 0.25) is 0 Å². The first-order chi connectivity index (χ1) is 8.20. The molecule has 0 aromatic heterocycles. The van der Waals surface area contributed by atoms with Crippen LogP contribution in [0.25, 0.3) is 0 Å². The number of allylic oxidation sites excluding steroid dienone is 1. The molecule has 0 aliphatic rings. The number of amides is 1. The van der Waals surface area contributed by atoms with Crippen molar-refractivity contribution in [2.75, 3.05) is 5.32 Å².